The molecule has 5 nitrogen and oxygen atoms in total. The second-order valence-electron chi connectivity index (χ2n) is 5.87. The number of hydrogen-bond donors (Lipinski definition) is 1. The molecular weight excluding hydrogens is 266 g/mol. The first-order valence-electron chi connectivity index (χ1n) is 7.30. The lowest BCUT2D eigenvalue weighted by Crippen LogP contribution is -2.53. The zero-order valence-electron chi connectivity index (χ0n) is 12.2. The van der Waals surface area contributed by atoms with E-state index in [0.29, 0.717) is 25.0 Å². The van der Waals surface area contributed by atoms with Crippen molar-refractivity contribution in [3.63, 3.8) is 0 Å². The van der Waals surface area contributed by atoms with Crippen molar-refractivity contribution in [1.82, 2.24) is 10.2 Å². The van der Waals surface area contributed by atoms with Gasteiger partial charge in [-0.15, -0.1) is 0 Å². The summed E-state index contributed by atoms with van der Waals surface area (Å²) in [5.41, 5.74) is 0.934. The number of fused-ring (bicyclic) bond motifs is 1. The molecule has 1 aromatic carbocycles. The minimum Gasteiger partial charge on any atom is -0.493 e. The molecule has 0 spiro atoms. The number of carbonyl (C=O) groups is 1. The number of rotatable bonds is 2. The van der Waals surface area contributed by atoms with Crippen LogP contribution in [0.4, 0.5) is 0 Å². The highest BCUT2D eigenvalue weighted by molar-refractivity contribution is 5.95. The third-order valence-electron chi connectivity index (χ3n) is 4.36. The van der Waals surface area contributed by atoms with Gasteiger partial charge in [0.2, 0.25) is 0 Å². The first kappa shape index (κ1) is 13.9. The van der Waals surface area contributed by atoms with Crippen molar-refractivity contribution >= 4 is 5.91 Å². The normalized spacial score (nSPS) is 20.2. The molecule has 0 saturated carbocycles. The molecule has 1 saturated heterocycles. The van der Waals surface area contributed by atoms with E-state index in [1.165, 1.54) is 0 Å². The maximum atomic E-state index is 12.4. The van der Waals surface area contributed by atoms with Gasteiger partial charge in [0.1, 0.15) is 11.3 Å². The summed E-state index contributed by atoms with van der Waals surface area (Å²) in [6, 6.07) is 7.78. The topological polar surface area (TPSA) is 65.4 Å². The van der Waals surface area contributed by atoms with E-state index in [0.717, 1.165) is 30.8 Å². The smallest absolute Gasteiger partial charge is 0.252 e. The molecule has 1 N–H and O–H groups in total. The summed E-state index contributed by atoms with van der Waals surface area (Å²) >= 11 is 0. The molecule has 1 amide bonds. The fourth-order valence-corrected chi connectivity index (χ4v) is 2.88. The number of ether oxygens (including phenoxy) is 1. The molecule has 0 unspecified atom stereocenters. The fraction of sp³-hybridized carbons (Fsp3) is 0.500. The number of nitrogens with zero attached hydrogens (tertiary/aromatic N) is 2. The Morgan fingerprint density at radius 2 is 2.19 bits per heavy atom. The Hall–Kier alpha value is -2.06. The number of piperidine rings is 1. The molecular formula is C16H19N3O2. The summed E-state index contributed by atoms with van der Waals surface area (Å²) in [6.07, 6.45) is 2.17. The van der Waals surface area contributed by atoms with E-state index in [9.17, 15) is 10.1 Å². The molecule has 2 heterocycles. The predicted molar refractivity (Wildman–Crippen MR) is 78.2 cm³/mol. The number of hydrogen-bond acceptors (Lipinski definition) is 4. The minimum atomic E-state index is -0.737. The van der Waals surface area contributed by atoms with Gasteiger partial charge in [0.15, 0.2) is 0 Å². The van der Waals surface area contributed by atoms with Crippen LogP contribution in [0.3, 0.4) is 0 Å². The van der Waals surface area contributed by atoms with Gasteiger partial charge in [-0.1, -0.05) is 0 Å². The van der Waals surface area contributed by atoms with Crippen molar-refractivity contribution in [2.45, 2.75) is 24.8 Å². The Morgan fingerprint density at radius 1 is 1.43 bits per heavy atom. The highest BCUT2D eigenvalue weighted by Crippen LogP contribution is 2.27. The summed E-state index contributed by atoms with van der Waals surface area (Å²) in [5.74, 6) is 0.691. The van der Waals surface area contributed by atoms with Crippen molar-refractivity contribution in [3.8, 4) is 11.8 Å². The molecule has 0 radical (unpaired) electrons. The van der Waals surface area contributed by atoms with Crippen LogP contribution in [0.15, 0.2) is 18.2 Å². The van der Waals surface area contributed by atoms with Crippen LogP contribution in [0.1, 0.15) is 28.8 Å². The van der Waals surface area contributed by atoms with E-state index in [4.69, 9.17) is 4.74 Å². The standard InChI is InChI=1S/C16H19N3O2/c1-19-7-5-16(11-17,6-8-19)18-15(20)13-2-3-14-12(10-13)4-9-21-14/h2-3,10H,4-9H2,1H3,(H,18,20). The van der Waals surface area contributed by atoms with Gasteiger partial charge < -0.3 is 15.0 Å². The molecule has 21 heavy (non-hydrogen) atoms. The SMILES string of the molecule is CN1CCC(C#N)(NC(=O)c2ccc3c(c2)CCO3)CC1. The zero-order chi connectivity index (χ0) is 14.9. The Kier molecular flexibility index (Phi) is 3.56. The van der Waals surface area contributed by atoms with Gasteiger partial charge >= 0.3 is 0 Å². The molecule has 2 aliphatic heterocycles. The van der Waals surface area contributed by atoms with Crippen LogP contribution < -0.4 is 10.1 Å². The molecule has 0 aliphatic carbocycles. The van der Waals surface area contributed by atoms with Crippen molar-refractivity contribution in [2.24, 2.45) is 0 Å². The van der Waals surface area contributed by atoms with Gasteiger partial charge in [-0.05, 0) is 43.7 Å². The van der Waals surface area contributed by atoms with Gasteiger partial charge in [-0.3, -0.25) is 4.79 Å². The summed E-state index contributed by atoms with van der Waals surface area (Å²) in [7, 11) is 2.03. The lowest BCUT2D eigenvalue weighted by atomic mass is 9.88. The quantitative estimate of drug-likeness (QED) is 0.890. The molecule has 2 aliphatic rings. The van der Waals surface area contributed by atoms with Crippen LogP contribution in [0.5, 0.6) is 5.75 Å². The van der Waals surface area contributed by atoms with Gasteiger partial charge in [-0.2, -0.15) is 5.26 Å². The lowest BCUT2D eigenvalue weighted by molar-refractivity contribution is 0.0882. The molecule has 0 atom stereocenters. The third-order valence-corrected chi connectivity index (χ3v) is 4.36. The van der Waals surface area contributed by atoms with Gasteiger partial charge in [0.25, 0.3) is 5.91 Å². The first-order valence-corrected chi connectivity index (χ1v) is 7.30. The molecule has 1 aromatic rings. The predicted octanol–water partition coefficient (Wildman–Crippen LogP) is 1.34. The molecule has 0 bridgehead atoms. The van der Waals surface area contributed by atoms with E-state index < -0.39 is 5.54 Å². The number of carbonyl (C=O) groups excluding carboxylic acids is 1. The second kappa shape index (κ2) is 5.38. The van der Waals surface area contributed by atoms with Gasteiger partial charge in [0, 0.05) is 25.1 Å². The maximum absolute atomic E-state index is 12.4. The largest absolute Gasteiger partial charge is 0.493 e. The van der Waals surface area contributed by atoms with E-state index in [-0.39, 0.29) is 5.91 Å². The van der Waals surface area contributed by atoms with Crippen molar-refractivity contribution in [3.05, 3.63) is 29.3 Å². The highest BCUT2D eigenvalue weighted by Gasteiger charge is 2.35. The fourth-order valence-electron chi connectivity index (χ4n) is 2.88. The van der Waals surface area contributed by atoms with Crippen molar-refractivity contribution in [2.75, 3.05) is 26.7 Å². The summed E-state index contributed by atoms with van der Waals surface area (Å²) in [6.45, 7) is 2.33. The van der Waals surface area contributed by atoms with Crippen LogP contribution in [0.25, 0.3) is 0 Å². The van der Waals surface area contributed by atoms with Crippen LogP contribution >= 0.6 is 0 Å². The van der Waals surface area contributed by atoms with Gasteiger partial charge in [0.05, 0.1) is 12.7 Å². The minimum absolute atomic E-state index is 0.171. The van der Waals surface area contributed by atoms with E-state index in [2.05, 4.69) is 16.3 Å². The number of likely N-dealkylation sites (tertiary alicyclic amines) is 1. The summed E-state index contributed by atoms with van der Waals surface area (Å²) < 4.78 is 5.45. The zero-order valence-corrected chi connectivity index (χ0v) is 12.2. The number of nitrogens with one attached hydrogen (secondary N) is 1. The average Bonchev–Trinajstić information content (AvgIpc) is 2.97. The van der Waals surface area contributed by atoms with Crippen molar-refractivity contribution in [1.29, 1.82) is 5.26 Å². The van der Waals surface area contributed by atoms with E-state index in [1.807, 2.05) is 19.2 Å². The molecule has 5 heteroatoms. The lowest BCUT2D eigenvalue weighted by Gasteiger charge is -2.36. The third kappa shape index (κ3) is 2.72. The van der Waals surface area contributed by atoms with Gasteiger partial charge in [-0.25, -0.2) is 0 Å². The number of nitriles is 1. The summed E-state index contributed by atoms with van der Waals surface area (Å²) in [4.78, 5) is 14.6. The Labute approximate surface area is 124 Å². The van der Waals surface area contributed by atoms with E-state index >= 15 is 0 Å². The number of amides is 1. The Bertz CT molecular complexity index is 598. The molecule has 110 valence electrons. The molecule has 3 rings (SSSR count). The van der Waals surface area contributed by atoms with Crippen LogP contribution in [0.2, 0.25) is 0 Å². The Morgan fingerprint density at radius 3 is 2.90 bits per heavy atom. The number of benzene rings is 1. The van der Waals surface area contributed by atoms with Crippen molar-refractivity contribution < 1.29 is 9.53 Å². The highest BCUT2D eigenvalue weighted by atomic mass is 16.5. The molecule has 0 aromatic heterocycles. The summed E-state index contributed by atoms with van der Waals surface area (Å²) in [5, 5.41) is 12.4. The average molecular weight is 285 g/mol. The van der Waals surface area contributed by atoms with E-state index in [1.54, 1.807) is 6.07 Å². The monoisotopic (exact) mass is 285 g/mol. The first-order chi connectivity index (χ1) is 10.1. The van der Waals surface area contributed by atoms with Crippen LogP contribution in [0, 0.1) is 11.3 Å². The van der Waals surface area contributed by atoms with Crippen LogP contribution in [-0.2, 0) is 6.42 Å². The second-order valence-corrected chi connectivity index (χ2v) is 5.87. The van der Waals surface area contributed by atoms with Crippen LogP contribution in [-0.4, -0.2) is 43.1 Å². The Balaban J connectivity index is 1.75. The molecule has 1 fully saturated rings. The maximum Gasteiger partial charge on any atom is 0.252 e.